The van der Waals surface area contributed by atoms with E-state index < -0.39 is 0 Å². The van der Waals surface area contributed by atoms with Gasteiger partial charge in [-0.25, -0.2) is 4.98 Å². The number of ether oxygens (including phenoxy) is 1. The summed E-state index contributed by atoms with van der Waals surface area (Å²) in [4.78, 5) is 14.8. The minimum absolute atomic E-state index is 0.638. The van der Waals surface area contributed by atoms with Gasteiger partial charge in [0.15, 0.2) is 0 Å². The molecule has 0 fully saturated rings. The Kier molecular flexibility index (Phi) is 5.14. The van der Waals surface area contributed by atoms with Gasteiger partial charge in [0, 0.05) is 18.1 Å². The maximum atomic E-state index is 10.3. The van der Waals surface area contributed by atoms with Crippen LogP contribution in [0.5, 0.6) is 5.75 Å². The summed E-state index contributed by atoms with van der Waals surface area (Å²) >= 11 is 0. The molecule has 0 atom stereocenters. The number of rotatable bonds is 6. The summed E-state index contributed by atoms with van der Waals surface area (Å²) in [5.41, 5.74) is 4.02. The molecular weight excluding hydrogens is 278 g/mol. The summed E-state index contributed by atoms with van der Waals surface area (Å²) < 4.78 is 5.14. The molecule has 0 saturated carbocycles. The van der Waals surface area contributed by atoms with Crippen LogP contribution >= 0.6 is 0 Å². The Morgan fingerprint density at radius 2 is 1.91 bits per heavy atom. The number of amides is 1. The highest BCUT2D eigenvalue weighted by atomic mass is 16.5. The van der Waals surface area contributed by atoms with Crippen LogP contribution in [-0.4, -0.2) is 18.5 Å². The van der Waals surface area contributed by atoms with Gasteiger partial charge in [0.1, 0.15) is 11.6 Å². The van der Waals surface area contributed by atoms with Gasteiger partial charge in [-0.1, -0.05) is 0 Å². The van der Waals surface area contributed by atoms with E-state index in [2.05, 4.69) is 15.6 Å². The van der Waals surface area contributed by atoms with Crippen LogP contribution in [0.25, 0.3) is 6.08 Å². The fourth-order valence-electron chi connectivity index (χ4n) is 2.12. The third-order valence-corrected chi connectivity index (χ3v) is 3.34. The normalized spacial score (nSPS) is 10.5. The number of hydrogen-bond acceptors (Lipinski definition) is 4. The van der Waals surface area contributed by atoms with Crippen LogP contribution in [0.1, 0.15) is 16.7 Å². The standard InChI is InChI=1S/C17H19N3O2/c1-12-10-19-17(13(2)16(12)8-9-18-11-21)20-14-4-6-15(22-3)7-5-14/h4-11H,1-3H3,(H,18,21)(H,19,20)/b9-8-. The maximum absolute atomic E-state index is 10.3. The molecule has 1 heterocycles. The van der Waals surface area contributed by atoms with E-state index >= 15 is 0 Å². The van der Waals surface area contributed by atoms with E-state index in [0.29, 0.717) is 6.41 Å². The Labute approximate surface area is 130 Å². The van der Waals surface area contributed by atoms with Gasteiger partial charge in [0.2, 0.25) is 6.41 Å². The molecule has 2 rings (SSSR count). The second-order valence-electron chi connectivity index (χ2n) is 4.80. The van der Waals surface area contributed by atoms with Gasteiger partial charge in [-0.05, 0) is 60.9 Å². The quantitative estimate of drug-likeness (QED) is 0.804. The lowest BCUT2D eigenvalue weighted by Gasteiger charge is -2.13. The molecule has 5 heteroatoms. The topological polar surface area (TPSA) is 63.2 Å². The highest BCUT2D eigenvalue weighted by molar-refractivity contribution is 5.68. The second kappa shape index (κ2) is 7.26. The lowest BCUT2D eigenvalue weighted by molar-refractivity contribution is -0.108. The molecule has 1 aromatic heterocycles. The van der Waals surface area contributed by atoms with Gasteiger partial charge in [0.05, 0.1) is 7.11 Å². The molecule has 0 aliphatic rings. The highest BCUT2D eigenvalue weighted by Gasteiger charge is 2.07. The third kappa shape index (κ3) is 3.63. The van der Waals surface area contributed by atoms with Gasteiger partial charge in [-0.3, -0.25) is 4.79 Å². The molecule has 5 nitrogen and oxygen atoms in total. The first-order chi connectivity index (χ1) is 10.7. The summed E-state index contributed by atoms with van der Waals surface area (Å²) in [5, 5.41) is 5.81. The van der Waals surface area contributed by atoms with E-state index in [-0.39, 0.29) is 0 Å². The fraction of sp³-hybridized carbons (Fsp3) is 0.176. The molecule has 114 valence electrons. The van der Waals surface area contributed by atoms with Crippen molar-refractivity contribution in [1.82, 2.24) is 10.3 Å². The molecule has 0 saturated heterocycles. The van der Waals surface area contributed by atoms with Crippen LogP contribution in [0.2, 0.25) is 0 Å². The predicted octanol–water partition coefficient (Wildman–Crippen LogP) is 3.17. The molecule has 1 aromatic carbocycles. The smallest absolute Gasteiger partial charge is 0.211 e. The zero-order chi connectivity index (χ0) is 15.9. The average molecular weight is 297 g/mol. The first-order valence-corrected chi connectivity index (χ1v) is 6.89. The van der Waals surface area contributed by atoms with Crippen molar-refractivity contribution in [2.75, 3.05) is 12.4 Å². The Morgan fingerprint density at radius 1 is 1.18 bits per heavy atom. The van der Waals surface area contributed by atoms with Crippen molar-refractivity contribution < 1.29 is 9.53 Å². The number of carbonyl (C=O) groups excluding carboxylic acids is 1. The molecule has 0 spiro atoms. The largest absolute Gasteiger partial charge is 0.497 e. The van der Waals surface area contributed by atoms with Crippen LogP contribution in [0.3, 0.4) is 0 Å². The lowest BCUT2D eigenvalue weighted by atomic mass is 10.1. The van der Waals surface area contributed by atoms with Crippen molar-refractivity contribution in [3.05, 3.63) is 53.4 Å². The van der Waals surface area contributed by atoms with Crippen LogP contribution in [-0.2, 0) is 4.79 Å². The van der Waals surface area contributed by atoms with Gasteiger partial charge in [0.25, 0.3) is 0 Å². The SMILES string of the molecule is COc1ccc(Nc2ncc(C)c(/C=C\NC=O)c2C)cc1. The van der Waals surface area contributed by atoms with Crippen molar-refractivity contribution in [1.29, 1.82) is 0 Å². The first-order valence-electron chi connectivity index (χ1n) is 6.89. The van der Waals surface area contributed by atoms with Crippen LogP contribution < -0.4 is 15.4 Å². The number of pyridine rings is 1. The van der Waals surface area contributed by atoms with Gasteiger partial charge < -0.3 is 15.4 Å². The number of benzene rings is 1. The summed E-state index contributed by atoms with van der Waals surface area (Å²) in [7, 11) is 1.64. The van der Waals surface area contributed by atoms with Crippen molar-refractivity contribution >= 4 is 24.0 Å². The molecule has 0 aliphatic heterocycles. The maximum Gasteiger partial charge on any atom is 0.211 e. The predicted molar refractivity (Wildman–Crippen MR) is 88.2 cm³/mol. The molecule has 2 aromatic rings. The van der Waals surface area contributed by atoms with Crippen LogP contribution in [0.15, 0.2) is 36.7 Å². The molecule has 0 bridgehead atoms. The number of nitrogens with one attached hydrogen (secondary N) is 2. The second-order valence-corrected chi connectivity index (χ2v) is 4.80. The molecule has 2 N–H and O–H groups in total. The van der Waals surface area contributed by atoms with E-state index in [1.54, 1.807) is 19.5 Å². The minimum Gasteiger partial charge on any atom is -0.497 e. The van der Waals surface area contributed by atoms with Crippen molar-refractivity contribution in [3.8, 4) is 5.75 Å². The van der Waals surface area contributed by atoms with Gasteiger partial charge in [-0.2, -0.15) is 0 Å². The lowest BCUT2D eigenvalue weighted by Crippen LogP contribution is -2.02. The number of carbonyl (C=O) groups is 1. The Balaban J connectivity index is 2.27. The Hall–Kier alpha value is -2.82. The summed E-state index contributed by atoms with van der Waals surface area (Å²) in [5.74, 6) is 1.59. The highest BCUT2D eigenvalue weighted by Crippen LogP contribution is 2.25. The molecule has 0 aliphatic carbocycles. The monoisotopic (exact) mass is 297 g/mol. The number of aromatic nitrogens is 1. The molecule has 0 unspecified atom stereocenters. The number of anilines is 2. The van der Waals surface area contributed by atoms with Crippen LogP contribution in [0.4, 0.5) is 11.5 Å². The number of methoxy groups -OCH3 is 1. The Morgan fingerprint density at radius 3 is 2.55 bits per heavy atom. The number of nitrogens with zero attached hydrogens (tertiary/aromatic N) is 1. The van der Waals surface area contributed by atoms with Crippen LogP contribution in [0, 0.1) is 13.8 Å². The molecule has 0 radical (unpaired) electrons. The molecule has 1 amide bonds. The Bertz CT molecular complexity index is 679. The number of aryl methyl sites for hydroxylation is 1. The summed E-state index contributed by atoms with van der Waals surface area (Å²) in [6.07, 6.45) is 5.91. The van der Waals surface area contributed by atoms with Gasteiger partial charge >= 0.3 is 0 Å². The van der Waals surface area contributed by atoms with E-state index in [1.807, 2.05) is 44.2 Å². The van der Waals surface area contributed by atoms with E-state index in [1.165, 1.54) is 0 Å². The van der Waals surface area contributed by atoms with E-state index in [0.717, 1.165) is 33.9 Å². The van der Waals surface area contributed by atoms with Crippen molar-refractivity contribution in [2.24, 2.45) is 0 Å². The minimum atomic E-state index is 0.638. The molecular formula is C17H19N3O2. The third-order valence-electron chi connectivity index (χ3n) is 3.34. The summed E-state index contributed by atoms with van der Waals surface area (Å²) in [6.45, 7) is 3.98. The zero-order valence-electron chi connectivity index (χ0n) is 12.9. The first kappa shape index (κ1) is 15.6. The van der Waals surface area contributed by atoms with Gasteiger partial charge in [-0.15, -0.1) is 0 Å². The van der Waals surface area contributed by atoms with Crippen molar-refractivity contribution in [3.63, 3.8) is 0 Å². The zero-order valence-corrected chi connectivity index (χ0v) is 12.9. The molecule has 22 heavy (non-hydrogen) atoms. The van der Waals surface area contributed by atoms with Crippen molar-refractivity contribution in [2.45, 2.75) is 13.8 Å². The fourth-order valence-corrected chi connectivity index (χ4v) is 2.12. The van der Waals surface area contributed by atoms with E-state index in [9.17, 15) is 4.79 Å². The summed E-state index contributed by atoms with van der Waals surface area (Å²) in [6, 6.07) is 7.65. The number of hydrogen-bond donors (Lipinski definition) is 2. The average Bonchev–Trinajstić information content (AvgIpc) is 2.54. The van der Waals surface area contributed by atoms with E-state index in [4.69, 9.17) is 4.74 Å².